The number of fused-ring (bicyclic) bond motifs is 7. The number of hydrogen-bond donors (Lipinski definition) is 3. The summed E-state index contributed by atoms with van der Waals surface area (Å²) < 4.78 is 52.6. The molecule has 20 heteroatoms. The molecule has 0 unspecified atom stereocenters. The van der Waals surface area contributed by atoms with Gasteiger partial charge in [-0.1, -0.05) is 6.58 Å². The van der Waals surface area contributed by atoms with E-state index in [2.05, 4.69) is 42.2 Å². The fraction of sp³-hybridized carbons (Fsp3) is 0.415. The fourth-order valence-electron chi connectivity index (χ4n) is 9.23. The van der Waals surface area contributed by atoms with E-state index in [0.717, 1.165) is 76.9 Å². The van der Waals surface area contributed by atoms with Crippen molar-refractivity contribution in [1.29, 1.82) is 0 Å². The van der Waals surface area contributed by atoms with Gasteiger partial charge in [0.2, 0.25) is 24.6 Å². The molecule has 11 rings (SSSR count). The Morgan fingerprint density at radius 1 is 0.918 bits per heavy atom. The Hall–Kier alpha value is -6.57. The number of anilines is 5. The minimum absolute atomic E-state index is 0.00633. The van der Waals surface area contributed by atoms with Crippen LogP contribution in [0, 0.1) is 13.8 Å². The lowest BCUT2D eigenvalue weighted by molar-refractivity contribution is -0.133. The third kappa shape index (κ3) is 6.41. The first kappa shape index (κ1) is 38.6. The average molecular weight is 839 g/mol. The van der Waals surface area contributed by atoms with Crippen molar-refractivity contribution in [2.75, 3.05) is 22.3 Å². The molecule has 0 radical (unpaired) electrons. The van der Waals surface area contributed by atoms with Crippen LogP contribution in [0.5, 0.6) is 11.5 Å². The number of benzene rings is 1. The van der Waals surface area contributed by atoms with Crippen molar-refractivity contribution in [2.45, 2.75) is 94.4 Å². The maximum Gasteiger partial charge on any atom is 0.389 e. The molecule has 1 aromatic carbocycles. The van der Waals surface area contributed by atoms with Crippen LogP contribution in [0.2, 0.25) is 0 Å². The third-order valence-electron chi connectivity index (χ3n) is 12.8. The standard InChI is InChI=1S/C22H23N7O2.C19H18F3N5O3/c1-13-8-16-24-12-25-28(16)10-15(13)26-19-23-9-14-17(27-19)29(18(30)22(14)6-7-22)20-2-4-21(31,11-20)5-3-20;1-10-6-14-15(30-9-29-14)7-12(10)24-17-23-8-13-16(25-17)27(18(28)26(13)3)11(2)4-5-19(20,21)22/h8-10,12,31H,2-7,11H2,1H3,(H,23,26,27);6-8H,2,4-5,9H2,1,3H3,(H,23,24,25). The third-order valence-corrected chi connectivity index (χ3v) is 12.8. The normalized spacial score (nSPS) is 21.6. The smallest absolute Gasteiger partial charge is 0.389 e. The number of hydrogen-bond acceptors (Lipinski definition) is 13. The van der Waals surface area contributed by atoms with Crippen molar-refractivity contribution in [3.8, 4) is 11.5 Å². The lowest BCUT2D eigenvalue weighted by atomic mass is 9.91. The van der Waals surface area contributed by atoms with Crippen molar-refractivity contribution in [1.82, 2.24) is 43.7 Å². The Labute approximate surface area is 345 Å². The minimum atomic E-state index is -4.35. The number of aliphatic hydroxyl groups is 1. The van der Waals surface area contributed by atoms with Crippen LogP contribution in [-0.4, -0.2) is 78.8 Å². The number of rotatable bonds is 8. The fourth-order valence-corrected chi connectivity index (χ4v) is 9.23. The number of carbonyl (C=O) groups excluding carboxylic acids is 1. The first-order valence-electron chi connectivity index (χ1n) is 19.9. The van der Waals surface area contributed by atoms with Crippen LogP contribution < -0.4 is 30.7 Å². The number of halogens is 3. The van der Waals surface area contributed by atoms with Crippen molar-refractivity contribution < 1.29 is 32.5 Å². The summed E-state index contributed by atoms with van der Waals surface area (Å²) in [4.78, 5) is 50.3. The van der Waals surface area contributed by atoms with E-state index in [-0.39, 0.29) is 35.5 Å². The highest BCUT2D eigenvalue weighted by Crippen LogP contribution is 2.63. The zero-order valence-corrected chi connectivity index (χ0v) is 33.5. The lowest BCUT2D eigenvalue weighted by Gasteiger charge is -2.37. The summed E-state index contributed by atoms with van der Waals surface area (Å²) in [5.41, 5.74) is 3.72. The summed E-state index contributed by atoms with van der Waals surface area (Å²) in [5.74, 6) is 2.71. The van der Waals surface area contributed by atoms with Crippen molar-refractivity contribution >= 4 is 57.5 Å². The number of aryl methyl sites for hydroxylation is 3. The molecule has 5 aromatic heterocycles. The molecule has 6 aromatic rings. The van der Waals surface area contributed by atoms with E-state index in [1.165, 1.54) is 24.1 Å². The van der Waals surface area contributed by atoms with Gasteiger partial charge in [-0.2, -0.15) is 28.2 Å². The second-order valence-electron chi connectivity index (χ2n) is 16.7. The molecule has 7 heterocycles. The number of allylic oxidation sites excluding steroid dienone is 1. The molecule has 3 saturated carbocycles. The molecule has 3 fully saturated rings. The number of ether oxygens (including phenoxy) is 2. The van der Waals surface area contributed by atoms with E-state index in [4.69, 9.17) is 14.5 Å². The van der Waals surface area contributed by atoms with Gasteiger partial charge >= 0.3 is 11.9 Å². The number of nitrogens with zero attached hydrogens (tertiary/aromatic N) is 10. The van der Waals surface area contributed by atoms with Crippen LogP contribution in [0.1, 0.15) is 74.5 Å². The lowest BCUT2D eigenvalue weighted by Crippen LogP contribution is -2.49. The Morgan fingerprint density at radius 3 is 2.31 bits per heavy atom. The van der Waals surface area contributed by atoms with Gasteiger partial charge in [-0.25, -0.2) is 28.8 Å². The van der Waals surface area contributed by atoms with E-state index >= 15 is 0 Å². The minimum Gasteiger partial charge on any atom is -0.454 e. The molecule has 0 saturated heterocycles. The summed E-state index contributed by atoms with van der Waals surface area (Å²) >= 11 is 0. The molecule has 2 bridgehead atoms. The van der Waals surface area contributed by atoms with E-state index in [0.29, 0.717) is 35.1 Å². The molecule has 61 heavy (non-hydrogen) atoms. The number of amides is 1. The SMILES string of the molecule is C=C(CCC(F)(F)F)n1c(=O)n(C)c2cnc(Nc3cc4c(cc3C)OCO4)nc21.Cc1cc2ncnn2cc1Nc1ncc2c(n1)N(C13CCC(O)(CC1)C3)C(=O)C21CC1. The van der Waals surface area contributed by atoms with Crippen molar-refractivity contribution in [3.63, 3.8) is 0 Å². The molecule has 316 valence electrons. The van der Waals surface area contributed by atoms with E-state index in [1.807, 2.05) is 37.2 Å². The Bertz CT molecular complexity index is 2870. The summed E-state index contributed by atoms with van der Waals surface area (Å²) in [6.07, 6.45) is 6.33. The molecule has 1 spiro atoms. The van der Waals surface area contributed by atoms with Gasteiger partial charge in [0.25, 0.3) is 0 Å². The number of imidazole rings is 1. The van der Waals surface area contributed by atoms with E-state index in [9.17, 15) is 27.9 Å². The van der Waals surface area contributed by atoms with Gasteiger partial charge in [0.05, 0.1) is 34.6 Å². The van der Waals surface area contributed by atoms with Gasteiger partial charge in [0, 0.05) is 42.7 Å². The van der Waals surface area contributed by atoms with Crippen LogP contribution in [-0.2, 0) is 17.3 Å². The summed E-state index contributed by atoms with van der Waals surface area (Å²) in [5, 5.41) is 21.4. The molecular weight excluding hydrogens is 798 g/mol. The van der Waals surface area contributed by atoms with Crippen molar-refractivity contribution in [2.24, 2.45) is 7.05 Å². The zero-order valence-electron chi connectivity index (χ0n) is 33.5. The van der Waals surface area contributed by atoms with Gasteiger partial charge in [-0.15, -0.1) is 0 Å². The highest BCUT2D eigenvalue weighted by atomic mass is 19.4. The molecule has 0 atom stereocenters. The number of carbonyl (C=O) groups is 1. The first-order chi connectivity index (χ1) is 29.1. The Balaban J connectivity index is 0.000000146. The highest BCUT2D eigenvalue weighted by Gasteiger charge is 2.67. The zero-order chi connectivity index (χ0) is 42.6. The van der Waals surface area contributed by atoms with Crippen LogP contribution in [0.15, 0.2) is 54.5 Å². The largest absolute Gasteiger partial charge is 0.454 e. The second kappa shape index (κ2) is 13.5. The number of aromatic nitrogens is 9. The first-order valence-corrected chi connectivity index (χ1v) is 19.9. The monoisotopic (exact) mass is 838 g/mol. The molecular formula is C41H41F3N12O5. The van der Waals surface area contributed by atoms with Gasteiger partial charge in [0.15, 0.2) is 22.8 Å². The van der Waals surface area contributed by atoms with Gasteiger partial charge in [0.1, 0.15) is 17.7 Å². The maximum absolute atomic E-state index is 13.6. The molecule has 3 N–H and O–H groups in total. The topological polar surface area (TPSA) is 192 Å². The summed E-state index contributed by atoms with van der Waals surface area (Å²) in [7, 11) is 1.50. The van der Waals surface area contributed by atoms with Crippen LogP contribution in [0.4, 0.5) is 42.3 Å². The van der Waals surface area contributed by atoms with Gasteiger partial charge in [-0.05, 0) is 88.5 Å². The quantitative estimate of drug-likeness (QED) is 0.159. The van der Waals surface area contributed by atoms with Crippen LogP contribution >= 0.6 is 0 Å². The number of pyridine rings is 1. The number of nitrogens with one attached hydrogen (secondary N) is 2. The van der Waals surface area contributed by atoms with Gasteiger partial charge in [-0.3, -0.25) is 14.3 Å². The molecule has 1 amide bonds. The molecule has 3 aliphatic carbocycles. The van der Waals surface area contributed by atoms with E-state index in [1.54, 1.807) is 16.6 Å². The number of alkyl halides is 3. The predicted molar refractivity (Wildman–Crippen MR) is 216 cm³/mol. The van der Waals surface area contributed by atoms with Crippen LogP contribution in [0.3, 0.4) is 0 Å². The summed E-state index contributed by atoms with van der Waals surface area (Å²) in [6.45, 7) is 7.65. The Kier molecular flexibility index (Phi) is 8.53. The van der Waals surface area contributed by atoms with Gasteiger partial charge < -0.3 is 25.2 Å². The van der Waals surface area contributed by atoms with Crippen molar-refractivity contribution in [3.05, 3.63) is 76.9 Å². The predicted octanol–water partition coefficient (Wildman–Crippen LogP) is 6.12. The molecule has 2 aliphatic heterocycles. The molecule has 17 nitrogen and oxygen atoms in total. The van der Waals surface area contributed by atoms with Crippen LogP contribution in [0.25, 0.3) is 22.5 Å². The Morgan fingerprint density at radius 2 is 1.61 bits per heavy atom. The highest BCUT2D eigenvalue weighted by molar-refractivity contribution is 6.10. The average Bonchev–Trinajstić information content (AvgIpc) is 3.65. The maximum atomic E-state index is 13.6. The second-order valence-corrected chi connectivity index (χ2v) is 16.7. The molecule has 5 aliphatic rings. The summed E-state index contributed by atoms with van der Waals surface area (Å²) in [6, 6.07) is 5.50. The van der Waals surface area contributed by atoms with E-state index < -0.39 is 35.7 Å².